The zero-order valence-corrected chi connectivity index (χ0v) is 12.5. The van der Waals surface area contributed by atoms with Crippen LogP contribution in [-0.4, -0.2) is 21.8 Å². The maximum atomic E-state index is 12.0. The minimum atomic E-state index is -0.418. The highest BCUT2D eigenvalue weighted by atomic mass is 32.2. The van der Waals surface area contributed by atoms with Gasteiger partial charge in [-0.25, -0.2) is 4.98 Å². The molecule has 0 saturated carbocycles. The Labute approximate surface area is 127 Å². The van der Waals surface area contributed by atoms with Gasteiger partial charge in [0.1, 0.15) is 11.6 Å². The molecule has 0 aliphatic carbocycles. The summed E-state index contributed by atoms with van der Waals surface area (Å²) in [5, 5.41) is 9.66. The van der Waals surface area contributed by atoms with Crippen LogP contribution < -0.4 is 11.3 Å². The highest BCUT2D eigenvalue weighted by Gasteiger charge is 2.13. The van der Waals surface area contributed by atoms with Crippen molar-refractivity contribution in [3.63, 3.8) is 0 Å². The third kappa shape index (κ3) is 3.72. The van der Waals surface area contributed by atoms with Crippen molar-refractivity contribution in [3.8, 4) is 17.3 Å². The first kappa shape index (κ1) is 15.3. The van der Waals surface area contributed by atoms with Crippen molar-refractivity contribution in [2.45, 2.75) is 24.5 Å². The molecule has 0 radical (unpaired) electrons. The fourth-order valence-electron chi connectivity index (χ4n) is 1.73. The van der Waals surface area contributed by atoms with Crippen molar-refractivity contribution >= 4 is 11.8 Å². The average molecular weight is 300 g/mol. The highest BCUT2D eigenvalue weighted by molar-refractivity contribution is 7.99. The summed E-state index contributed by atoms with van der Waals surface area (Å²) in [7, 11) is 0. The van der Waals surface area contributed by atoms with Crippen LogP contribution in [-0.2, 0) is 0 Å². The summed E-state index contributed by atoms with van der Waals surface area (Å²) >= 11 is 1.39. The van der Waals surface area contributed by atoms with Crippen LogP contribution in [0, 0.1) is 11.3 Å². The Bertz CT molecular complexity index is 706. The van der Waals surface area contributed by atoms with E-state index in [9.17, 15) is 10.1 Å². The van der Waals surface area contributed by atoms with Gasteiger partial charge in [-0.1, -0.05) is 49.0 Å². The van der Waals surface area contributed by atoms with Gasteiger partial charge in [0.15, 0.2) is 5.16 Å². The normalized spacial score (nSPS) is 11.9. The van der Waals surface area contributed by atoms with E-state index in [1.165, 1.54) is 11.8 Å². The molecule has 3 N–H and O–H groups in total. The number of aromatic amines is 1. The molecule has 21 heavy (non-hydrogen) atoms. The Kier molecular flexibility index (Phi) is 5.14. The number of nitrogens with two attached hydrogens (primary N) is 1. The number of nitrogens with one attached hydrogen (secondary N) is 1. The number of benzene rings is 1. The summed E-state index contributed by atoms with van der Waals surface area (Å²) in [5.41, 5.74) is 6.65. The molecular formula is C15H16N4OS. The molecule has 0 aliphatic heterocycles. The number of hydrogen-bond acceptors (Lipinski definition) is 5. The van der Waals surface area contributed by atoms with Gasteiger partial charge in [0.2, 0.25) is 0 Å². The second-order valence-electron chi connectivity index (χ2n) is 4.55. The lowest BCUT2D eigenvalue weighted by molar-refractivity contribution is 0.723. The van der Waals surface area contributed by atoms with Gasteiger partial charge in [0.05, 0.1) is 5.69 Å². The largest absolute Gasteiger partial charge is 0.327 e. The van der Waals surface area contributed by atoms with Crippen molar-refractivity contribution < 1.29 is 0 Å². The number of thioether (sulfide) groups is 1. The summed E-state index contributed by atoms with van der Waals surface area (Å²) in [6.45, 7) is 2.01. The lowest BCUT2D eigenvalue weighted by atomic mass is 10.1. The molecule has 0 fully saturated rings. The van der Waals surface area contributed by atoms with Gasteiger partial charge in [0, 0.05) is 17.4 Å². The SMILES string of the molecule is CCC(N)CSc1nc(-c2ccccc2)c(C#N)c(=O)[nH]1. The van der Waals surface area contributed by atoms with E-state index in [0.717, 1.165) is 12.0 Å². The van der Waals surface area contributed by atoms with Crippen molar-refractivity contribution in [2.75, 3.05) is 5.75 Å². The minimum Gasteiger partial charge on any atom is -0.327 e. The Morgan fingerprint density at radius 2 is 2.14 bits per heavy atom. The molecule has 0 saturated heterocycles. The van der Waals surface area contributed by atoms with E-state index in [4.69, 9.17) is 5.73 Å². The third-order valence-corrected chi connectivity index (χ3v) is 4.08. The Morgan fingerprint density at radius 1 is 1.43 bits per heavy atom. The molecule has 1 heterocycles. The fourth-order valence-corrected chi connectivity index (χ4v) is 2.66. The summed E-state index contributed by atoms with van der Waals surface area (Å²) in [4.78, 5) is 19.1. The van der Waals surface area contributed by atoms with Gasteiger partial charge >= 0.3 is 0 Å². The molecule has 0 aliphatic rings. The Hall–Kier alpha value is -2.10. The van der Waals surface area contributed by atoms with Crippen LogP contribution in [0.5, 0.6) is 0 Å². The smallest absolute Gasteiger partial charge is 0.270 e. The monoisotopic (exact) mass is 300 g/mol. The predicted molar refractivity (Wildman–Crippen MR) is 84.0 cm³/mol. The molecule has 2 aromatic rings. The van der Waals surface area contributed by atoms with Gasteiger partial charge in [-0.3, -0.25) is 4.79 Å². The number of aromatic nitrogens is 2. The van der Waals surface area contributed by atoms with E-state index in [-0.39, 0.29) is 11.6 Å². The van der Waals surface area contributed by atoms with Gasteiger partial charge in [-0.2, -0.15) is 5.26 Å². The highest BCUT2D eigenvalue weighted by Crippen LogP contribution is 2.21. The lowest BCUT2D eigenvalue weighted by Gasteiger charge is -2.09. The Balaban J connectivity index is 2.41. The zero-order valence-electron chi connectivity index (χ0n) is 11.7. The zero-order chi connectivity index (χ0) is 15.2. The number of nitriles is 1. The first-order chi connectivity index (χ1) is 10.2. The molecule has 6 heteroatoms. The number of hydrogen-bond donors (Lipinski definition) is 2. The standard InChI is InChI=1S/C15H16N4OS/c1-2-11(17)9-21-15-18-13(10-6-4-3-5-7-10)12(8-16)14(20)19-15/h3-7,11H,2,9,17H2,1H3,(H,18,19,20). The topological polar surface area (TPSA) is 95.6 Å². The maximum absolute atomic E-state index is 12.0. The van der Waals surface area contributed by atoms with Crippen LogP contribution in [0.3, 0.4) is 0 Å². The van der Waals surface area contributed by atoms with E-state index in [0.29, 0.717) is 16.6 Å². The van der Waals surface area contributed by atoms with Gasteiger partial charge < -0.3 is 10.7 Å². The quantitative estimate of drug-likeness (QED) is 0.651. The Morgan fingerprint density at radius 3 is 2.76 bits per heavy atom. The maximum Gasteiger partial charge on any atom is 0.270 e. The van der Waals surface area contributed by atoms with Crippen LogP contribution in [0.1, 0.15) is 18.9 Å². The third-order valence-electron chi connectivity index (χ3n) is 3.02. The molecule has 0 amide bonds. The molecule has 1 atom stereocenters. The van der Waals surface area contributed by atoms with E-state index < -0.39 is 5.56 Å². The molecule has 0 spiro atoms. The summed E-state index contributed by atoms with van der Waals surface area (Å²) in [6.07, 6.45) is 0.860. The number of rotatable bonds is 5. The fraction of sp³-hybridized carbons (Fsp3) is 0.267. The lowest BCUT2D eigenvalue weighted by Crippen LogP contribution is -2.22. The van der Waals surface area contributed by atoms with Crippen molar-refractivity contribution in [1.29, 1.82) is 5.26 Å². The van der Waals surface area contributed by atoms with E-state index in [1.54, 1.807) is 0 Å². The molecule has 0 bridgehead atoms. The second-order valence-corrected chi connectivity index (χ2v) is 5.56. The van der Waals surface area contributed by atoms with Gasteiger partial charge in [-0.15, -0.1) is 0 Å². The molecule has 5 nitrogen and oxygen atoms in total. The molecule has 1 aromatic heterocycles. The molecule has 1 unspecified atom stereocenters. The van der Waals surface area contributed by atoms with Crippen LogP contribution in [0.4, 0.5) is 0 Å². The van der Waals surface area contributed by atoms with Crippen LogP contribution in [0.2, 0.25) is 0 Å². The summed E-state index contributed by atoms with van der Waals surface area (Å²) in [5.74, 6) is 0.666. The molecular weight excluding hydrogens is 284 g/mol. The van der Waals surface area contributed by atoms with Gasteiger partial charge in [0.25, 0.3) is 5.56 Å². The first-order valence-corrected chi connectivity index (χ1v) is 7.62. The summed E-state index contributed by atoms with van der Waals surface area (Å²) < 4.78 is 0. The number of H-pyrrole nitrogens is 1. The first-order valence-electron chi connectivity index (χ1n) is 6.64. The number of nitrogens with zero attached hydrogens (tertiary/aromatic N) is 2. The summed E-state index contributed by atoms with van der Waals surface area (Å²) in [6, 6.07) is 11.2. The predicted octanol–water partition coefficient (Wildman–Crippen LogP) is 2.14. The second kappa shape index (κ2) is 7.07. The van der Waals surface area contributed by atoms with E-state index in [1.807, 2.05) is 43.3 Å². The van der Waals surface area contributed by atoms with E-state index >= 15 is 0 Å². The molecule has 108 valence electrons. The van der Waals surface area contributed by atoms with Crippen LogP contribution in [0.25, 0.3) is 11.3 Å². The van der Waals surface area contributed by atoms with Crippen LogP contribution in [0.15, 0.2) is 40.3 Å². The average Bonchev–Trinajstić information content (AvgIpc) is 2.52. The van der Waals surface area contributed by atoms with Crippen LogP contribution >= 0.6 is 11.8 Å². The van der Waals surface area contributed by atoms with Crippen molar-refractivity contribution in [1.82, 2.24) is 9.97 Å². The molecule has 1 aromatic carbocycles. The molecule has 2 rings (SSSR count). The van der Waals surface area contributed by atoms with Gasteiger partial charge in [-0.05, 0) is 6.42 Å². The van der Waals surface area contributed by atoms with E-state index in [2.05, 4.69) is 9.97 Å². The van der Waals surface area contributed by atoms with Crippen molar-refractivity contribution in [2.24, 2.45) is 5.73 Å². The van der Waals surface area contributed by atoms with Crippen molar-refractivity contribution in [3.05, 3.63) is 46.2 Å². The minimum absolute atomic E-state index is 0.0327.